The van der Waals surface area contributed by atoms with Gasteiger partial charge in [0.2, 0.25) is 0 Å². The summed E-state index contributed by atoms with van der Waals surface area (Å²) in [6.07, 6.45) is 6.75. The molecule has 0 bridgehead atoms. The predicted molar refractivity (Wildman–Crippen MR) is 82.6 cm³/mol. The minimum Gasteiger partial charge on any atom is -0.314 e. The van der Waals surface area contributed by atoms with Gasteiger partial charge in [-0.15, -0.1) is 0 Å². The Morgan fingerprint density at radius 1 is 1.32 bits per heavy atom. The molecule has 0 spiro atoms. The molecule has 2 saturated heterocycles. The smallest absolute Gasteiger partial charge is 0.0224 e. The van der Waals surface area contributed by atoms with Crippen molar-refractivity contribution in [2.75, 3.05) is 32.7 Å². The lowest BCUT2D eigenvalue weighted by Gasteiger charge is -2.42. The molecule has 0 saturated carbocycles. The lowest BCUT2D eigenvalue weighted by molar-refractivity contribution is 0.0580. The maximum atomic E-state index is 3.59. The van der Waals surface area contributed by atoms with Crippen molar-refractivity contribution in [3.05, 3.63) is 0 Å². The highest BCUT2D eigenvalue weighted by molar-refractivity contribution is 4.90. The van der Waals surface area contributed by atoms with Gasteiger partial charge < -0.3 is 5.32 Å². The summed E-state index contributed by atoms with van der Waals surface area (Å²) >= 11 is 0. The molecule has 0 aromatic carbocycles. The van der Waals surface area contributed by atoms with Crippen LogP contribution in [-0.4, -0.2) is 60.6 Å². The fourth-order valence-corrected chi connectivity index (χ4v) is 3.65. The van der Waals surface area contributed by atoms with Gasteiger partial charge in [-0.05, 0) is 65.6 Å². The number of hydrogen-bond donors (Lipinski definition) is 1. The summed E-state index contributed by atoms with van der Waals surface area (Å²) in [5, 5.41) is 3.59. The van der Waals surface area contributed by atoms with E-state index in [2.05, 4.69) is 35.9 Å². The van der Waals surface area contributed by atoms with Crippen LogP contribution < -0.4 is 5.32 Å². The highest BCUT2D eigenvalue weighted by Gasteiger charge is 2.33. The third kappa shape index (κ3) is 4.44. The van der Waals surface area contributed by atoms with E-state index in [1.165, 1.54) is 58.3 Å². The third-order valence-electron chi connectivity index (χ3n) is 4.89. The number of piperazine rings is 1. The average molecular weight is 267 g/mol. The van der Waals surface area contributed by atoms with E-state index in [4.69, 9.17) is 0 Å². The summed E-state index contributed by atoms with van der Waals surface area (Å²) in [6, 6.07) is 2.31. The molecule has 3 atom stereocenters. The van der Waals surface area contributed by atoms with E-state index in [0.717, 1.165) is 18.6 Å². The monoisotopic (exact) mass is 267 g/mol. The highest BCUT2D eigenvalue weighted by atomic mass is 15.3. The maximum Gasteiger partial charge on any atom is 0.0224 e. The van der Waals surface area contributed by atoms with Crippen molar-refractivity contribution >= 4 is 0 Å². The Bertz CT molecular complexity index is 256. The van der Waals surface area contributed by atoms with E-state index in [0.29, 0.717) is 6.04 Å². The van der Waals surface area contributed by atoms with Crippen LogP contribution in [0.25, 0.3) is 0 Å². The van der Waals surface area contributed by atoms with Gasteiger partial charge in [0, 0.05) is 31.2 Å². The average Bonchev–Trinajstić information content (AvgIpc) is 2.83. The van der Waals surface area contributed by atoms with Crippen molar-refractivity contribution in [2.45, 2.75) is 71.0 Å². The van der Waals surface area contributed by atoms with E-state index in [9.17, 15) is 0 Å². The number of hydrogen-bond acceptors (Lipinski definition) is 3. The van der Waals surface area contributed by atoms with Gasteiger partial charge in [-0.25, -0.2) is 0 Å². The van der Waals surface area contributed by atoms with Crippen LogP contribution >= 0.6 is 0 Å². The fraction of sp³-hybridized carbons (Fsp3) is 1.00. The Morgan fingerprint density at radius 3 is 2.95 bits per heavy atom. The number of rotatable bonds is 7. The zero-order chi connectivity index (χ0) is 13.7. The van der Waals surface area contributed by atoms with Gasteiger partial charge in [0.1, 0.15) is 0 Å². The first-order valence-electron chi connectivity index (χ1n) is 8.42. The lowest BCUT2D eigenvalue weighted by Crippen LogP contribution is -2.55. The van der Waals surface area contributed by atoms with Crippen molar-refractivity contribution in [3.8, 4) is 0 Å². The molecule has 2 rings (SSSR count). The molecular formula is C16H33N3. The Labute approximate surface area is 119 Å². The molecule has 0 radical (unpaired) electrons. The Balaban J connectivity index is 1.65. The molecule has 2 heterocycles. The quantitative estimate of drug-likeness (QED) is 0.764. The fourth-order valence-electron chi connectivity index (χ4n) is 3.65. The van der Waals surface area contributed by atoms with Crippen molar-refractivity contribution < 1.29 is 0 Å². The van der Waals surface area contributed by atoms with Crippen molar-refractivity contribution in [1.29, 1.82) is 0 Å². The zero-order valence-electron chi connectivity index (χ0n) is 13.2. The maximum absolute atomic E-state index is 3.59. The molecule has 0 aromatic heterocycles. The van der Waals surface area contributed by atoms with Crippen LogP contribution in [0, 0.1) is 0 Å². The van der Waals surface area contributed by atoms with Crippen molar-refractivity contribution in [3.63, 3.8) is 0 Å². The molecule has 2 aliphatic heterocycles. The predicted octanol–water partition coefficient (Wildman–Crippen LogP) is 2.32. The summed E-state index contributed by atoms with van der Waals surface area (Å²) in [4.78, 5) is 5.45. The molecular weight excluding hydrogens is 234 g/mol. The first-order valence-corrected chi connectivity index (χ1v) is 8.42. The van der Waals surface area contributed by atoms with Crippen LogP contribution in [-0.2, 0) is 0 Å². The second kappa shape index (κ2) is 7.61. The topological polar surface area (TPSA) is 18.5 Å². The molecule has 3 unspecified atom stereocenters. The number of fused-ring (bicyclic) bond motifs is 1. The van der Waals surface area contributed by atoms with Gasteiger partial charge in [0.05, 0.1) is 0 Å². The normalized spacial score (nSPS) is 30.5. The van der Waals surface area contributed by atoms with Gasteiger partial charge >= 0.3 is 0 Å². The first kappa shape index (κ1) is 15.3. The van der Waals surface area contributed by atoms with Crippen LogP contribution in [0.2, 0.25) is 0 Å². The van der Waals surface area contributed by atoms with Gasteiger partial charge in [0.25, 0.3) is 0 Å². The molecule has 2 aliphatic rings. The molecule has 0 amide bonds. The standard InChI is InChI=1S/C16H33N3/c1-4-9-17-14(2)7-5-10-18-13-16-8-6-11-19(16)12-15(18)3/h14-17H,4-13H2,1-3H3. The van der Waals surface area contributed by atoms with Gasteiger partial charge in [-0.3, -0.25) is 9.80 Å². The van der Waals surface area contributed by atoms with E-state index >= 15 is 0 Å². The first-order chi connectivity index (χ1) is 9.20. The summed E-state index contributed by atoms with van der Waals surface area (Å²) in [5.41, 5.74) is 0. The van der Waals surface area contributed by atoms with Crippen LogP contribution in [0.4, 0.5) is 0 Å². The minimum atomic E-state index is 0.683. The van der Waals surface area contributed by atoms with Crippen LogP contribution in [0.1, 0.15) is 52.9 Å². The molecule has 0 aromatic rings. The minimum absolute atomic E-state index is 0.683. The van der Waals surface area contributed by atoms with Gasteiger partial charge in [0.15, 0.2) is 0 Å². The lowest BCUT2D eigenvalue weighted by atomic mass is 10.1. The Morgan fingerprint density at radius 2 is 2.16 bits per heavy atom. The number of nitrogens with zero attached hydrogens (tertiary/aromatic N) is 2. The van der Waals surface area contributed by atoms with Gasteiger partial charge in [-0.2, -0.15) is 0 Å². The van der Waals surface area contributed by atoms with E-state index < -0.39 is 0 Å². The molecule has 0 aliphatic carbocycles. The summed E-state index contributed by atoms with van der Waals surface area (Å²) in [5.74, 6) is 0. The summed E-state index contributed by atoms with van der Waals surface area (Å²) in [7, 11) is 0. The van der Waals surface area contributed by atoms with E-state index in [-0.39, 0.29) is 0 Å². The Hall–Kier alpha value is -0.120. The molecule has 3 nitrogen and oxygen atoms in total. The molecule has 1 N–H and O–H groups in total. The second-order valence-electron chi connectivity index (χ2n) is 6.63. The Kier molecular flexibility index (Phi) is 6.11. The number of nitrogens with one attached hydrogen (secondary N) is 1. The molecule has 3 heteroatoms. The van der Waals surface area contributed by atoms with Crippen molar-refractivity contribution in [1.82, 2.24) is 15.1 Å². The van der Waals surface area contributed by atoms with E-state index in [1.54, 1.807) is 0 Å². The largest absolute Gasteiger partial charge is 0.314 e. The van der Waals surface area contributed by atoms with E-state index in [1.807, 2.05) is 0 Å². The molecule has 112 valence electrons. The van der Waals surface area contributed by atoms with Gasteiger partial charge in [-0.1, -0.05) is 6.92 Å². The second-order valence-corrected chi connectivity index (χ2v) is 6.63. The molecule has 2 fully saturated rings. The third-order valence-corrected chi connectivity index (χ3v) is 4.89. The molecule has 19 heavy (non-hydrogen) atoms. The van der Waals surface area contributed by atoms with Crippen LogP contribution in [0.5, 0.6) is 0 Å². The van der Waals surface area contributed by atoms with Crippen LogP contribution in [0.15, 0.2) is 0 Å². The summed E-state index contributed by atoms with van der Waals surface area (Å²) < 4.78 is 0. The highest BCUT2D eigenvalue weighted by Crippen LogP contribution is 2.24. The van der Waals surface area contributed by atoms with Crippen LogP contribution in [0.3, 0.4) is 0 Å². The SMILES string of the molecule is CCCNC(C)CCCN1CC2CCCN2CC1C. The zero-order valence-corrected chi connectivity index (χ0v) is 13.2. The summed E-state index contributed by atoms with van der Waals surface area (Å²) in [6.45, 7) is 13.4. The van der Waals surface area contributed by atoms with Crippen molar-refractivity contribution in [2.24, 2.45) is 0 Å².